The van der Waals surface area contributed by atoms with Gasteiger partial charge in [0.2, 0.25) is 5.91 Å². The highest BCUT2D eigenvalue weighted by molar-refractivity contribution is 5.80. The zero-order valence-electron chi connectivity index (χ0n) is 10.6. The van der Waals surface area contributed by atoms with Gasteiger partial charge in [0.05, 0.1) is 6.54 Å². The van der Waals surface area contributed by atoms with Crippen molar-refractivity contribution in [3.8, 4) is 0 Å². The highest BCUT2D eigenvalue weighted by atomic mass is 16.5. The smallest absolute Gasteiger partial charge is 0.336 e. The molecule has 0 aromatic heterocycles. The van der Waals surface area contributed by atoms with Crippen LogP contribution in [0, 0.1) is 0 Å². The minimum absolute atomic E-state index is 0.0528. The van der Waals surface area contributed by atoms with Crippen LogP contribution in [-0.2, 0) is 14.3 Å². The highest BCUT2D eigenvalue weighted by Crippen LogP contribution is 2.26. The molecule has 2 aliphatic rings. The summed E-state index contributed by atoms with van der Waals surface area (Å²) in [5, 5.41) is 12.3. The predicted molar refractivity (Wildman–Crippen MR) is 64.2 cm³/mol. The largest absolute Gasteiger partial charge is 0.479 e. The average molecular weight is 256 g/mol. The molecule has 0 spiro atoms. The van der Waals surface area contributed by atoms with Crippen molar-refractivity contribution in [3.63, 3.8) is 0 Å². The third kappa shape index (κ3) is 2.81. The van der Waals surface area contributed by atoms with Gasteiger partial charge >= 0.3 is 5.97 Å². The number of piperidine rings is 1. The van der Waals surface area contributed by atoms with Crippen LogP contribution in [-0.4, -0.2) is 60.3 Å². The number of likely N-dealkylation sites (tertiary alicyclic amines) is 1. The molecule has 0 aromatic carbocycles. The molecule has 18 heavy (non-hydrogen) atoms. The maximum absolute atomic E-state index is 11.9. The minimum Gasteiger partial charge on any atom is -0.479 e. The zero-order chi connectivity index (χ0) is 13.2. The van der Waals surface area contributed by atoms with Crippen LogP contribution in [0.15, 0.2) is 0 Å². The van der Waals surface area contributed by atoms with Gasteiger partial charge in [0.1, 0.15) is 0 Å². The van der Waals surface area contributed by atoms with E-state index in [0.29, 0.717) is 38.5 Å². The number of ether oxygens (including phenoxy) is 1. The lowest BCUT2D eigenvalue weighted by molar-refractivity contribution is -0.169. The van der Waals surface area contributed by atoms with E-state index in [4.69, 9.17) is 9.84 Å². The Balaban J connectivity index is 1.81. The Morgan fingerprint density at radius 3 is 2.44 bits per heavy atom. The van der Waals surface area contributed by atoms with E-state index >= 15 is 0 Å². The van der Waals surface area contributed by atoms with Crippen molar-refractivity contribution in [1.82, 2.24) is 10.2 Å². The van der Waals surface area contributed by atoms with Crippen LogP contribution in [0.2, 0.25) is 0 Å². The van der Waals surface area contributed by atoms with Gasteiger partial charge in [-0.3, -0.25) is 4.79 Å². The van der Waals surface area contributed by atoms with Gasteiger partial charge in [-0.1, -0.05) is 0 Å². The molecule has 6 nitrogen and oxygen atoms in total. The number of hydrogen-bond donors (Lipinski definition) is 2. The number of carbonyl (C=O) groups is 2. The molecule has 1 aliphatic carbocycles. The van der Waals surface area contributed by atoms with E-state index < -0.39 is 11.6 Å². The third-order valence-electron chi connectivity index (χ3n) is 3.82. The van der Waals surface area contributed by atoms with Gasteiger partial charge in [-0.2, -0.15) is 0 Å². The SMILES string of the molecule is COC1(C(=O)O)CCN(C(=O)CNC2CC2)CC1. The first-order chi connectivity index (χ1) is 8.57. The van der Waals surface area contributed by atoms with Crippen molar-refractivity contribution in [1.29, 1.82) is 0 Å². The molecule has 6 heteroatoms. The zero-order valence-corrected chi connectivity index (χ0v) is 10.6. The topological polar surface area (TPSA) is 78.9 Å². The van der Waals surface area contributed by atoms with E-state index in [1.807, 2.05) is 0 Å². The molecular weight excluding hydrogens is 236 g/mol. The molecule has 102 valence electrons. The fourth-order valence-corrected chi connectivity index (χ4v) is 2.25. The number of carboxylic acids is 1. The van der Waals surface area contributed by atoms with Crippen LogP contribution in [0.1, 0.15) is 25.7 Å². The molecule has 1 amide bonds. The predicted octanol–water partition coefficient (Wildman–Crippen LogP) is -0.169. The fourth-order valence-electron chi connectivity index (χ4n) is 2.25. The van der Waals surface area contributed by atoms with Crippen molar-refractivity contribution in [2.45, 2.75) is 37.3 Å². The van der Waals surface area contributed by atoms with Gasteiger partial charge < -0.3 is 20.1 Å². The lowest BCUT2D eigenvalue weighted by Crippen LogP contribution is -2.53. The van der Waals surface area contributed by atoms with E-state index in [1.54, 1.807) is 4.90 Å². The summed E-state index contributed by atoms with van der Waals surface area (Å²) in [5.74, 6) is -0.884. The summed E-state index contributed by atoms with van der Waals surface area (Å²) in [6, 6.07) is 0.510. The Hall–Kier alpha value is -1.14. The third-order valence-corrected chi connectivity index (χ3v) is 3.82. The van der Waals surface area contributed by atoms with Crippen molar-refractivity contribution in [2.75, 3.05) is 26.7 Å². The summed E-state index contributed by atoms with van der Waals surface area (Å²) < 4.78 is 5.12. The van der Waals surface area contributed by atoms with Crippen LogP contribution >= 0.6 is 0 Å². The van der Waals surface area contributed by atoms with Crippen LogP contribution in [0.5, 0.6) is 0 Å². The van der Waals surface area contributed by atoms with E-state index in [1.165, 1.54) is 7.11 Å². The number of nitrogens with one attached hydrogen (secondary N) is 1. The Kier molecular flexibility index (Phi) is 3.87. The fraction of sp³-hybridized carbons (Fsp3) is 0.833. The summed E-state index contributed by atoms with van der Waals surface area (Å²) in [4.78, 5) is 24.8. The molecule has 1 heterocycles. The van der Waals surface area contributed by atoms with Crippen molar-refractivity contribution >= 4 is 11.9 Å². The molecule has 1 aliphatic heterocycles. The average Bonchev–Trinajstić information content (AvgIpc) is 3.20. The molecule has 2 fully saturated rings. The Morgan fingerprint density at radius 2 is 2.00 bits per heavy atom. The number of carbonyl (C=O) groups excluding carboxylic acids is 1. The van der Waals surface area contributed by atoms with Crippen molar-refractivity contribution in [2.24, 2.45) is 0 Å². The number of hydrogen-bond acceptors (Lipinski definition) is 4. The lowest BCUT2D eigenvalue weighted by atomic mass is 9.91. The van der Waals surface area contributed by atoms with E-state index in [2.05, 4.69) is 5.32 Å². The molecule has 0 radical (unpaired) electrons. The normalized spacial score (nSPS) is 22.8. The second-order valence-corrected chi connectivity index (χ2v) is 5.04. The van der Waals surface area contributed by atoms with Gasteiger partial charge in [-0.25, -0.2) is 4.79 Å². The first-order valence-electron chi connectivity index (χ1n) is 6.37. The summed E-state index contributed by atoms with van der Waals surface area (Å²) in [5.41, 5.74) is -1.11. The number of carboxylic acid groups (broad SMARTS) is 1. The monoisotopic (exact) mass is 256 g/mol. The van der Waals surface area contributed by atoms with Gasteiger partial charge in [-0.05, 0) is 12.8 Å². The number of rotatable bonds is 5. The molecule has 2 rings (SSSR count). The highest BCUT2D eigenvalue weighted by Gasteiger charge is 2.42. The van der Waals surface area contributed by atoms with Crippen LogP contribution < -0.4 is 5.32 Å². The first kappa shape index (κ1) is 13.3. The van der Waals surface area contributed by atoms with Crippen LogP contribution in [0.25, 0.3) is 0 Å². The second kappa shape index (κ2) is 5.24. The van der Waals surface area contributed by atoms with Crippen molar-refractivity contribution < 1.29 is 19.4 Å². The Labute approximate surface area is 106 Å². The van der Waals surface area contributed by atoms with Gasteiger partial charge in [-0.15, -0.1) is 0 Å². The van der Waals surface area contributed by atoms with Crippen molar-refractivity contribution in [3.05, 3.63) is 0 Å². The maximum atomic E-state index is 11.9. The standard InChI is InChI=1S/C12H20N2O4/c1-18-12(11(16)17)4-6-14(7-5-12)10(15)8-13-9-2-3-9/h9,13H,2-8H2,1H3,(H,16,17). The molecule has 0 aromatic rings. The summed E-state index contributed by atoms with van der Waals surface area (Å²) in [7, 11) is 1.42. The lowest BCUT2D eigenvalue weighted by Gasteiger charge is -2.37. The Bertz CT molecular complexity index is 333. The summed E-state index contributed by atoms with van der Waals surface area (Å²) >= 11 is 0. The first-order valence-corrected chi connectivity index (χ1v) is 6.37. The minimum atomic E-state index is -1.11. The maximum Gasteiger partial charge on any atom is 0.336 e. The van der Waals surface area contributed by atoms with E-state index in [0.717, 1.165) is 12.8 Å². The molecule has 0 unspecified atom stereocenters. The number of amides is 1. The Morgan fingerprint density at radius 1 is 1.39 bits per heavy atom. The molecule has 2 N–H and O–H groups in total. The van der Waals surface area contributed by atoms with Gasteiger partial charge in [0.25, 0.3) is 0 Å². The molecular formula is C12H20N2O4. The molecule has 1 saturated heterocycles. The quantitative estimate of drug-likeness (QED) is 0.714. The molecule has 1 saturated carbocycles. The van der Waals surface area contributed by atoms with Crippen LogP contribution in [0.4, 0.5) is 0 Å². The summed E-state index contributed by atoms with van der Waals surface area (Å²) in [6.07, 6.45) is 3.01. The second-order valence-electron chi connectivity index (χ2n) is 5.04. The van der Waals surface area contributed by atoms with Gasteiger partial charge in [0.15, 0.2) is 5.60 Å². The van der Waals surface area contributed by atoms with Crippen LogP contribution in [0.3, 0.4) is 0 Å². The number of aliphatic carboxylic acids is 1. The van der Waals surface area contributed by atoms with Gasteiger partial charge in [0, 0.05) is 39.1 Å². The number of methoxy groups -OCH3 is 1. The van der Waals surface area contributed by atoms with E-state index in [9.17, 15) is 9.59 Å². The molecule has 0 bridgehead atoms. The summed E-state index contributed by atoms with van der Waals surface area (Å²) in [6.45, 7) is 1.26. The molecule has 0 atom stereocenters. The number of nitrogens with zero attached hydrogens (tertiary/aromatic N) is 1. The van der Waals surface area contributed by atoms with E-state index in [-0.39, 0.29) is 5.91 Å².